The van der Waals surface area contributed by atoms with E-state index in [1.165, 1.54) is 54.6 Å². The summed E-state index contributed by atoms with van der Waals surface area (Å²) < 4.78 is 0. The standard InChI is InChI=1S/C20H29N.C2H6/c1-5-7-10-20(16(3)4)19(6-2)18-9-8-13-21(15-18)14-17-11-12-17;1-2/h5-7,9-10,17H,1,8,11-15H2,2-4H3;1-2H3/b10-7-,19-6-;. The van der Waals surface area contributed by atoms with Gasteiger partial charge >= 0.3 is 0 Å². The monoisotopic (exact) mass is 313 g/mol. The van der Waals surface area contributed by atoms with E-state index in [2.05, 4.69) is 50.5 Å². The molecule has 1 saturated carbocycles. The Morgan fingerprint density at radius 3 is 2.52 bits per heavy atom. The van der Waals surface area contributed by atoms with Crippen molar-refractivity contribution in [1.82, 2.24) is 4.90 Å². The zero-order valence-corrected chi connectivity index (χ0v) is 15.9. The predicted octanol–water partition coefficient (Wildman–Crippen LogP) is 6.08. The van der Waals surface area contributed by atoms with Crippen LogP contribution in [0.1, 0.15) is 53.9 Å². The number of rotatable bonds is 6. The molecular weight excluding hydrogens is 278 g/mol. The van der Waals surface area contributed by atoms with E-state index in [9.17, 15) is 0 Å². The number of hydrogen-bond acceptors (Lipinski definition) is 1. The Hall–Kier alpha value is -1.34. The van der Waals surface area contributed by atoms with Crippen LogP contribution < -0.4 is 0 Å². The van der Waals surface area contributed by atoms with Crippen LogP contribution in [0.4, 0.5) is 0 Å². The van der Waals surface area contributed by atoms with Gasteiger partial charge in [0.2, 0.25) is 0 Å². The molecule has 0 aromatic heterocycles. The highest BCUT2D eigenvalue weighted by molar-refractivity contribution is 5.54. The summed E-state index contributed by atoms with van der Waals surface area (Å²) in [4.78, 5) is 2.64. The summed E-state index contributed by atoms with van der Waals surface area (Å²) in [6, 6.07) is 0. The van der Waals surface area contributed by atoms with E-state index >= 15 is 0 Å². The molecule has 0 amide bonds. The van der Waals surface area contributed by atoms with Gasteiger partial charge in [-0.25, -0.2) is 0 Å². The zero-order valence-electron chi connectivity index (χ0n) is 15.9. The van der Waals surface area contributed by atoms with Gasteiger partial charge in [-0.05, 0) is 62.7 Å². The first kappa shape index (κ1) is 19.7. The third-order valence-electron chi connectivity index (χ3n) is 4.31. The van der Waals surface area contributed by atoms with E-state index in [1.54, 1.807) is 0 Å². The molecule has 1 heterocycles. The first-order chi connectivity index (χ1) is 11.2. The lowest BCUT2D eigenvalue weighted by Crippen LogP contribution is -2.32. The molecule has 2 rings (SSSR count). The molecule has 2 aliphatic rings. The van der Waals surface area contributed by atoms with Gasteiger partial charge in [0, 0.05) is 19.6 Å². The second-order valence-electron chi connectivity index (χ2n) is 6.41. The maximum atomic E-state index is 3.79. The molecule has 0 spiro atoms. The lowest BCUT2D eigenvalue weighted by Gasteiger charge is -2.29. The van der Waals surface area contributed by atoms with Crippen LogP contribution in [0.25, 0.3) is 0 Å². The van der Waals surface area contributed by atoms with Crippen LogP contribution in [0.2, 0.25) is 0 Å². The summed E-state index contributed by atoms with van der Waals surface area (Å²) in [5.41, 5.74) is 5.60. The summed E-state index contributed by atoms with van der Waals surface area (Å²) in [5, 5.41) is 0. The van der Waals surface area contributed by atoms with Crippen molar-refractivity contribution in [3.8, 4) is 0 Å². The highest BCUT2D eigenvalue weighted by Gasteiger charge is 2.26. The molecular formula is C22H35N. The number of hydrogen-bond donors (Lipinski definition) is 0. The average Bonchev–Trinajstić information content (AvgIpc) is 3.37. The number of nitrogens with zero attached hydrogens (tertiary/aromatic N) is 1. The molecule has 0 aromatic rings. The number of allylic oxidation sites excluding steroid dienone is 6. The minimum atomic E-state index is 0.974. The summed E-state index contributed by atoms with van der Waals surface area (Å²) >= 11 is 0. The van der Waals surface area contributed by atoms with Gasteiger partial charge in [0.1, 0.15) is 0 Å². The van der Waals surface area contributed by atoms with Crippen LogP contribution in [-0.2, 0) is 0 Å². The molecule has 1 aliphatic carbocycles. The topological polar surface area (TPSA) is 3.24 Å². The van der Waals surface area contributed by atoms with Gasteiger partial charge in [-0.1, -0.05) is 56.4 Å². The fourth-order valence-electron chi connectivity index (χ4n) is 3.03. The van der Waals surface area contributed by atoms with Crippen molar-refractivity contribution in [1.29, 1.82) is 0 Å². The lowest BCUT2D eigenvalue weighted by molar-refractivity contribution is 0.280. The van der Waals surface area contributed by atoms with Gasteiger partial charge < -0.3 is 0 Å². The molecule has 0 radical (unpaired) electrons. The smallest absolute Gasteiger partial charge is 0.0236 e. The molecule has 0 aromatic carbocycles. The largest absolute Gasteiger partial charge is 0.298 e. The molecule has 1 fully saturated rings. The van der Waals surface area contributed by atoms with Crippen molar-refractivity contribution in [2.75, 3.05) is 19.6 Å². The first-order valence-electron chi connectivity index (χ1n) is 9.20. The van der Waals surface area contributed by atoms with Gasteiger partial charge in [0.15, 0.2) is 0 Å². The molecule has 0 atom stereocenters. The fourth-order valence-corrected chi connectivity index (χ4v) is 3.03. The Balaban J connectivity index is 0.00000127. The normalized spacial score (nSPS) is 19.0. The van der Waals surface area contributed by atoms with Crippen LogP contribution in [0, 0.1) is 5.92 Å². The van der Waals surface area contributed by atoms with Crippen LogP contribution >= 0.6 is 0 Å². The minimum absolute atomic E-state index is 0.974. The molecule has 1 nitrogen and oxygen atoms in total. The average molecular weight is 314 g/mol. The Bertz CT molecular complexity index is 494. The first-order valence-corrected chi connectivity index (χ1v) is 9.20. The lowest BCUT2D eigenvalue weighted by atomic mass is 9.91. The van der Waals surface area contributed by atoms with E-state index in [0.717, 1.165) is 12.5 Å². The third kappa shape index (κ3) is 6.35. The van der Waals surface area contributed by atoms with E-state index in [0.29, 0.717) is 0 Å². The molecule has 0 N–H and O–H groups in total. The predicted molar refractivity (Wildman–Crippen MR) is 105 cm³/mol. The summed E-state index contributed by atoms with van der Waals surface area (Å²) in [7, 11) is 0. The Kier molecular flexibility index (Phi) is 8.94. The van der Waals surface area contributed by atoms with Crippen molar-refractivity contribution in [3.63, 3.8) is 0 Å². The summed E-state index contributed by atoms with van der Waals surface area (Å²) in [6.07, 6.45) is 14.8. The second-order valence-corrected chi connectivity index (χ2v) is 6.41. The van der Waals surface area contributed by atoms with Gasteiger partial charge in [0.25, 0.3) is 0 Å². The molecule has 0 saturated heterocycles. The quantitative estimate of drug-likeness (QED) is 0.537. The van der Waals surface area contributed by atoms with Crippen molar-refractivity contribution < 1.29 is 0 Å². The fraction of sp³-hybridized carbons (Fsp3) is 0.545. The maximum Gasteiger partial charge on any atom is 0.0236 e. The van der Waals surface area contributed by atoms with Crippen LogP contribution in [0.15, 0.2) is 59.3 Å². The Morgan fingerprint density at radius 1 is 1.30 bits per heavy atom. The van der Waals surface area contributed by atoms with Crippen molar-refractivity contribution in [2.45, 2.75) is 53.9 Å². The van der Waals surface area contributed by atoms with Crippen molar-refractivity contribution >= 4 is 0 Å². The van der Waals surface area contributed by atoms with Crippen molar-refractivity contribution in [2.24, 2.45) is 5.92 Å². The van der Waals surface area contributed by atoms with Crippen LogP contribution in [0.5, 0.6) is 0 Å². The third-order valence-corrected chi connectivity index (χ3v) is 4.31. The van der Waals surface area contributed by atoms with Crippen LogP contribution in [-0.4, -0.2) is 24.5 Å². The molecule has 128 valence electrons. The minimum Gasteiger partial charge on any atom is -0.298 e. The zero-order chi connectivity index (χ0) is 17.2. The Morgan fingerprint density at radius 2 is 2.00 bits per heavy atom. The van der Waals surface area contributed by atoms with E-state index < -0.39 is 0 Å². The van der Waals surface area contributed by atoms with Crippen LogP contribution in [0.3, 0.4) is 0 Å². The summed E-state index contributed by atoms with van der Waals surface area (Å²) in [5.74, 6) is 0.974. The highest BCUT2D eigenvalue weighted by atomic mass is 15.1. The highest BCUT2D eigenvalue weighted by Crippen LogP contribution is 2.32. The second kappa shape index (κ2) is 10.4. The Labute approximate surface area is 144 Å². The molecule has 0 unspecified atom stereocenters. The molecule has 1 heteroatoms. The maximum absolute atomic E-state index is 3.79. The summed E-state index contributed by atoms with van der Waals surface area (Å²) in [6.45, 7) is 18.0. The molecule has 0 bridgehead atoms. The van der Waals surface area contributed by atoms with E-state index in [-0.39, 0.29) is 0 Å². The van der Waals surface area contributed by atoms with Gasteiger partial charge in [-0.15, -0.1) is 0 Å². The van der Waals surface area contributed by atoms with Gasteiger partial charge in [0.05, 0.1) is 0 Å². The van der Waals surface area contributed by atoms with E-state index in [4.69, 9.17) is 0 Å². The van der Waals surface area contributed by atoms with Crippen molar-refractivity contribution in [3.05, 3.63) is 59.3 Å². The van der Waals surface area contributed by atoms with Gasteiger partial charge in [-0.3, -0.25) is 4.90 Å². The van der Waals surface area contributed by atoms with E-state index in [1.807, 2.05) is 26.0 Å². The molecule has 1 aliphatic heterocycles. The van der Waals surface area contributed by atoms with Gasteiger partial charge in [-0.2, -0.15) is 0 Å². The molecule has 23 heavy (non-hydrogen) atoms. The SMILES string of the molecule is C=C/C=C\C(=C(C)C)/C(=C\C)C1=CCCN(CC2CC2)C1.CC.